The van der Waals surface area contributed by atoms with Crippen LogP contribution in [0, 0.1) is 0 Å². The Bertz CT molecular complexity index is 1090. The molecular formula is C21H23ClN2O4S2. The van der Waals surface area contributed by atoms with Gasteiger partial charge >= 0.3 is 0 Å². The Hall–Kier alpha value is -1.90. The molecule has 2 aromatic carbocycles. The Balaban J connectivity index is 1.81. The number of rotatable bonds is 3. The van der Waals surface area contributed by atoms with E-state index in [1.165, 1.54) is 11.2 Å². The molecule has 2 aliphatic heterocycles. The van der Waals surface area contributed by atoms with E-state index in [9.17, 15) is 13.2 Å². The first-order valence-electron chi connectivity index (χ1n) is 9.85. The third kappa shape index (κ3) is 3.88. The lowest BCUT2D eigenvalue weighted by Crippen LogP contribution is -2.43. The van der Waals surface area contributed by atoms with Crippen molar-refractivity contribution in [3.05, 3.63) is 41.4 Å². The summed E-state index contributed by atoms with van der Waals surface area (Å²) in [5, 5.41) is 0.439. The summed E-state index contributed by atoms with van der Waals surface area (Å²) in [6.07, 6.45) is 1.28. The van der Waals surface area contributed by atoms with E-state index in [4.69, 9.17) is 16.3 Å². The highest BCUT2D eigenvalue weighted by Crippen LogP contribution is 2.41. The molecule has 0 aliphatic carbocycles. The van der Waals surface area contributed by atoms with E-state index in [2.05, 4.69) is 0 Å². The number of thioether (sulfide) groups is 1. The van der Waals surface area contributed by atoms with Gasteiger partial charge in [0.05, 0.1) is 22.8 Å². The fourth-order valence-electron chi connectivity index (χ4n) is 3.70. The molecule has 9 heteroatoms. The number of hydrogen-bond donors (Lipinski definition) is 0. The van der Waals surface area contributed by atoms with E-state index >= 15 is 0 Å². The van der Waals surface area contributed by atoms with Crippen LogP contribution in [0.25, 0.3) is 0 Å². The largest absolute Gasteiger partial charge is 0.486 e. The number of benzene rings is 2. The van der Waals surface area contributed by atoms with Gasteiger partial charge in [0.15, 0.2) is 0 Å². The van der Waals surface area contributed by atoms with E-state index in [1.807, 2.05) is 6.92 Å². The van der Waals surface area contributed by atoms with Crippen LogP contribution in [0.5, 0.6) is 5.75 Å². The number of amides is 1. The van der Waals surface area contributed by atoms with Crippen molar-refractivity contribution in [3.63, 3.8) is 0 Å². The van der Waals surface area contributed by atoms with Gasteiger partial charge in [-0.1, -0.05) is 18.5 Å². The first kappa shape index (κ1) is 21.3. The molecule has 0 fully saturated rings. The van der Waals surface area contributed by atoms with Crippen molar-refractivity contribution in [2.24, 2.45) is 0 Å². The van der Waals surface area contributed by atoms with Crippen molar-refractivity contribution >= 4 is 50.7 Å². The Morgan fingerprint density at radius 1 is 1.23 bits per heavy atom. The maximum Gasteiger partial charge on any atom is 0.264 e. The average Bonchev–Trinajstić information content (AvgIpc) is 2.94. The lowest BCUT2D eigenvalue weighted by Gasteiger charge is -2.35. The highest BCUT2D eigenvalue weighted by molar-refractivity contribution is 7.99. The molecule has 0 spiro atoms. The first-order chi connectivity index (χ1) is 14.3. The third-order valence-corrected chi connectivity index (χ3v) is 8.44. The zero-order valence-corrected chi connectivity index (χ0v) is 19.2. The predicted octanol–water partition coefficient (Wildman–Crippen LogP) is 4.56. The number of anilines is 2. The minimum Gasteiger partial charge on any atom is -0.486 e. The summed E-state index contributed by atoms with van der Waals surface area (Å²) in [4.78, 5) is 14.9. The maximum atomic E-state index is 13.7. The number of carbonyl (C=O) groups excluding carboxylic acids is 1. The van der Waals surface area contributed by atoms with Gasteiger partial charge in [0.2, 0.25) is 5.91 Å². The number of fused-ring (bicyclic) bond motifs is 2. The second kappa shape index (κ2) is 8.32. The summed E-state index contributed by atoms with van der Waals surface area (Å²) < 4.78 is 34.7. The van der Waals surface area contributed by atoms with Gasteiger partial charge in [0, 0.05) is 23.4 Å². The number of carbonyl (C=O) groups is 1. The third-order valence-electron chi connectivity index (χ3n) is 5.28. The van der Waals surface area contributed by atoms with Crippen molar-refractivity contribution in [1.82, 2.24) is 0 Å². The van der Waals surface area contributed by atoms with Gasteiger partial charge in [-0.3, -0.25) is 9.10 Å². The quantitative estimate of drug-likeness (QED) is 0.663. The molecule has 2 heterocycles. The molecule has 4 rings (SSSR count). The summed E-state index contributed by atoms with van der Waals surface area (Å²) >= 11 is 7.79. The molecule has 0 bridgehead atoms. The fraction of sp³-hybridized carbons (Fsp3) is 0.381. The number of sulfonamides is 1. The van der Waals surface area contributed by atoms with Crippen LogP contribution in [-0.4, -0.2) is 39.3 Å². The molecule has 0 N–H and O–H groups in total. The van der Waals surface area contributed by atoms with E-state index in [1.54, 1.807) is 53.1 Å². The van der Waals surface area contributed by atoms with Crippen LogP contribution in [0.15, 0.2) is 46.2 Å². The van der Waals surface area contributed by atoms with Crippen LogP contribution in [0.2, 0.25) is 5.02 Å². The summed E-state index contributed by atoms with van der Waals surface area (Å²) in [6.45, 7) is 4.24. The van der Waals surface area contributed by atoms with Gasteiger partial charge in [0.1, 0.15) is 11.9 Å². The van der Waals surface area contributed by atoms with Crippen LogP contribution in [0.3, 0.4) is 0 Å². The summed E-state index contributed by atoms with van der Waals surface area (Å²) in [7, 11) is -3.88. The van der Waals surface area contributed by atoms with Crippen LogP contribution in [-0.2, 0) is 14.8 Å². The van der Waals surface area contributed by atoms with Crippen LogP contribution < -0.4 is 13.9 Å². The molecule has 1 atom stereocenters. The molecule has 0 saturated heterocycles. The zero-order valence-electron chi connectivity index (χ0n) is 16.8. The van der Waals surface area contributed by atoms with E-state index in [0.717, 1.165) is 17.1 Å². The molecule has 30 heavy (non-hydrogen) atoms. The predicted molar refractivity (Wildman–Crippen MR) is 121 cm³/mol. The monoisotopic (exact) mass is 466 g/mol. The van der Waals surface area contributed by atoms with Crippen LogP contribution in [0.4, 0.5) is 11.4 Å². The Kier molecular flexibility index (Phi) is 5.92. The first-order valence-corrected chi connectivity index (χ1v) is 12.7. The Morgan fingerprint density at radius 3 is 2.77 bits per heavy atom. The molecule has 2 aromatic rings. The van der Waals surface area contributed by atoms with Crippen molar-refractivity contribution in [2.45, 2.75) is 42.6 Å². The Morgan fingerprint density at radius 2 is 2.03 bits per heavy atom. The van der Waals surface area contributed by atoms with Gasteiger partial charge in [0.25, 0.3) is 10.0 Å². The topological polar surface area (TPSA) is 66.9 Å². The van der Waals surface area contributed by atoms with Crippen molar-refractivity contribution in [3.8, 4) is 5.75 Å². The average molecular weight is 467 g/mol. The molecule has 160 valence electrons. The van der Waals surface area contributed by atoms with Crippen molar-refractivity contribution < 1.29 is 17.9 Å². The molecule has 0 saturated carbocycles. The number of nitrogens with zero attached hydrogens (tertiary/aromatic N) is 2. The van der Waals surface area contributed by atoms with E-state index in [0.29, 0.717) is 35.1 Å². The van der Waals surface area contributed by atoms with Crippen LogP contribution in [0.1, 0.15) is 26.7 Å². The fourth-order valence-corrected chi connectivity index (χ4v) is 6.36. The lowest BCUT2D eigenvalue weighted by molar-refractivity contribution is -0.116. The summed E-state index contributed by atoms with van der Waals surface area (Å²) in [6, 6.07) is 10.0. The second-order valence-electron chi connectivity index (χ2n) is 7.30. The molecule has 0 unspecified atom stereocenters. The molecular weight excluding hydrogens is 444 g/mol. The molecule has 2 aliphatic rings. The van der Waals surface area contributed by atoms with E-state index in [-0.39, 0.29) is 23.5 Å². The standard InChI is InChI=1S/C21H23ClN2O4S2/c1-3-16-13-24(18-11-15(22)5-7-20(18)28-16)30(26,27)17-6-8-21-19(12-17)23(14(2)25)9-4-10-29-21/h5-8,11-12,16H,3-4,9-10,13H2,1-2H3/t16-/m0/s1. The molecule has 0 radical (unpaired) electrons. The maximum absolute atomic E-state index is 13.7. The smallest absolute Gasteiger partial charge is 0.264 e. The normalized spacial score (nSPS) is 18.8. The molecule has 6 nitrogen and oxygen atoms in total. The van der Waals surface area contributed by atoms with Crippen molar-refractivity contribution in [2.75, 3.05) is 28.0 Å². The minimum atomic E-state index is -3.88. The van der Waals surface area contributed by atoms with Gasteiger partial charge in [-0.2, -0.15) is 0 Å². The second-order valence-corrected chi connectivity index (χ2v) is 10.7. The lowest BCUT2D eigenvalue weighted by atomic mass is 10.2. The van der Waals surface area contributed by atoms with Gasteiger partial charge in [-0.25, -0.2) is 8.42 Å². The highest BCUT2D eigenvalue weighted by atomic mass is 35.5. The van der Waals surface area contributed by atoms with Gasteiger partial charge in [-0.05, 0) is 55.0 Å². The number of hydrogen-bond acceptors (Lipinski definition) is 5. The number of ether oxygens (including phenoxy) is 1. The summed E-state index contributed by atoms with van der Waals surface area (Å²) in [5.41, 5.74) is 1.08. The van der Waals surface area contributed by atoms with Gasteiger partial charge < -0.3 is 9.64 Å². The molecule has 1 amide bonds. The Labute approximate surface area is 186 Å². The van der Waals surface area contributed by atoms with Crippen molar-refractivity contribution in [1.29, 1.82) is 0 Å². The van der Waals surface area contributed by atoms with Crippen LogP contribution >= 0.6 is 23.4 Å². The SMILES string of the molecule is CC[C@H]1CN(S(=O)(=O)c2ccc3c(c2)N(C(C)=O)CCCS3)c2cc(Cl)ccc2O1. The van der Waals surface area contributed by atoms with Gasteiger partial charge in [-0.15, -0.1) is 11.8 Å². The van der Waals surface area contributed by atoms with E-state index < -0.39 is 10.0 Å². The number of halogens is 1. The highest BCUT2D eigenvalue weighted by Gasteiger charge is 2.35. The minimum absolute atomic E-state index is 0.0946. The summed E-state index contributed by atoms with van der Waals surface area (Å²) in [5.74, 6) is 1.29. The zero-order chi connectivity index (χ0) is 21.5. The molecule has 0 aromatic heterocycles.